The van der Waals surface area contributed by atoms with Crippen LogP contribution < -0.4 is 0 Å². The first kappa shape index (κ1) is 17.2. The van der Waals surface area contributed by atoms with E-state index in [0.29, 0.717) is 5.92 Å². The minimum absolute atomic E-state index is 0.171. The molecule has 24 heavy (non-hydrogen) atoms. The van der Waals surface area contributed by atoms with Crippen LogP contribution in [-0.4, -0.2) is 5.11 Å². The molecule has 1 saturated carbocycles. The molecule has 0 amide bonds. The Morgan fingerprint density at radius 3 is 1.71 bits per heavy atom. The summed E-state index contributed by atoms with van der Waals surface area (Å²) in [5.74, 6) is 0.557. The van der Waals surface area contributed by atoms with Gasteiger partial charge < -0.3 is 5.11 Å². The third-order valence-corrected chi connectivity index (χ3v) is 6.45. The second kappa shape index (κ2) is 7.11. The molecule has 0 bridgehead atoms. The van der Waals surface area contributed by atoms with E-state index in [1.54, 1.807) is 0 Å². The van der Waals surface area contributed by atoms with Gasteiger partial charge >= 0.3 is 0 Å². The second-order valence-electron chi connectivity index (χ2n) is 7.55. The number of aliphatic hydroxyl groups is 1. The van der Waals surface area contributed by atoms with E-state index >= 15 is 0 Å². The molecule has 0 aliphatic heterocycles. The fraction of sp³-hybridized carbons (Fsp3) is 0.478. The summed E-state index contributed by atoms with van der Waals surface area (Å²) >= 11 is 0. The maximum absolute atomic E-state index is 12.2. The van der Waals surface area contributed by atoms with E-state index in [1.807, 2.05) is 36.4 Å². The van der Waals surface area contributed by atoms with Gasteiger partial charge in [-0.25, -0.2) is 0 Å². The lowest BCUT2D eigenvalue weighted by Gasteiger charge is -2.51. The van der Waals surface area contributed by atoms with E-state index in [2.05, 4.69) is 38.1 Å². The molecule has 2 aromatic rings. The topological polar surface area (TPSA) is 20.2 Å². The molecular formula is C23H30O. The van der Waals surface area contributed by atoms with Crippen molar-refractivity contribution in [2.75, 3.05) is 0 Å². The molecule has 0 aromatic heterocycles. The van der Waals surface area contributed by atoms with Gasteiger partial charge in [0.2, 0.25) is 0 Å². The second-order valence-corrected chi connectivity index (χ2v) is 7.55. The Balaban J connectivity index is 2.16. The van der Waals surface area contributed by atoms with Gasteiger partial charge in [-0.1, -0.05) is 93.8 Å². The highest BCUT2D eigenvalue weighted by Gasteiger charge is 2.52. The monoisotopic (exact) mass is 322 g/mol. The molecule has 1 aliphatic carbocycles. The SMILES string of the molecule is CCC(C)(C1CCCCC1)C(O)(c1ccccc1)c1ccccc1. The molecule has 3 rings (SSSR count). The highest BCUT2D eigenvalue weighted by molar-refractivity contribution is 5.39. The zero-order valence-electron chi connectivity index (χ0n) is 15.0. The first-order valence-corrected chi connectivity index (χ1v) is 9.46. The average Bonchev–Trinajstić information content (AvgIpc) is 2.68. The summed E-state index contributed by atoms with van der Waals surface area (Å²) in [6.07, 6.45) is 7.35. The minimum Gasteiger partial charge on any atom is -0.380 e. The van der Waals surface area contributed by atoms with Crippen LogP contribution in [0.4, 0.5) is 0 Å². The summed E-state index contributed by atoms with van der Waals surface area (Å²) in [5.41, 5.74) is 0.917. The van der Waals surface area contributed by atoms with Crippen LogP contribution in [0.3, 0.4) is 0 Å². The fourth-order valence-corrected chi connectivity index (χ4v) is 4.76. The molecule has 2 aromatic carbocycles. The Hall–Kier alpha value is -1.60. The zero-order valence-corrected chi connectivity index (χ0v) is 15.0. The molecule has 1 fully saturated rings. The Morgan fingerprint density at radius 2 is 1.29 bits per heavy atom. The number of hydrogen-bond acceptors (Lipinski definition) is 1. The lowest BCUT2D eigenvalue weighted by Crippen LogP contribution is -2.49. The molecule has 1 N–H and O–H groups in total. The van der Waals surface area contributed by atoms with Crippen LogP contribution in [-0.2, 0) is 5.60 Å². The molecule has 1 aliphatic rings. The van der Waals surface area contributed by atoms with Crippen molar-refractivity contribution in [3.8, 4) is 0 Å². The summed E-state index contributed by atoms with van der Waals surface area (Å²) in [6, 6.07) is 20.6. The van der Waals surface area contributed by atoms with Crippen molar-refractivity contribution in [2.24, 2.45) is 11.3 Å². The van der Waals surface area contributed by atoms with E-state index in [9.17, 15) is 5.11 Å². The predicted molar refractivity (Wildman–Crippen MR) is 101 cm³/mol. The van der Waals surface area contributed by atoms with Crippen LogP contribution in [0.15, 0.2) is 60.7 Å². The maximum Gasteiger partial charge on any atom is 0.120 e. The first-order valence-electron chi connectivity index (χ1n) is 9.46. The third-order valence-electron chi connectivity index (χ3n) is 6.45. The van der Waals surface area contributed by atoms with Crippen molar-refractivity contribution in [1.29, 1.82) is 0 Å². The molecule has 128 valence electrons. The Bertz CT molecular complexity index is 588. The molecule has 0 heterocycles. The summed E-state index contributed by atoms with van der Waals surface area (Å²) in [5, 5.41) is 12.2. The van der Waals surface area contributed by atoms with Crippen LogP contribution in [0, 0.1) is 11.3 Å². The molecule has 1 atom stereocenters. The number of hydrogen-bond donors (Lipinski definition) is 1. The predicted octanol–water partition coefficient (Wildman–Crippen LogP) is 5.92. The van der Waals surface area contributed by atoms with Gasteiger partial charge in [-0.05, 0) is 36.3 Å². The van der Waals surface area contributed by atoms with Gasteiger partial charge in [0, 0.05) is 5.41 Å². The van der Waals surface area contributed by atoms with Crippen molar-refractivity contribution >= 4 is 0 Å². The Labute approximate surface area is 146 Å². The molecule has 1 heteroatoms. The molecule has 0 radical (unpaired) electrons. The van der Waals surface area contributed by atoms with Crippen molar-refractivity contribution in [3.05, 3.63) is 71.8 Å². The average molecular weight is 322 g/mol. The van der Waals surface area contributed by atoms with E-state index in [-0.39, 0.29) is 5.41 Å². The lowest BCUT2D eigenvalue weighted by molar-refractivity contribution is -0.0935. The number of benzene rings is 2. The standard InChI is InChI=1S/C23H30O/c1-3-22(2,19-13-7-4-8-14-19)23(24,20-15-9-5-10-16-20)21-17-11-6-12-18-21/h5-6,9-12,15-19,24H,3-4,7-8,13-14H2,1-2H3. The number of rotatable bonds is 5. The summed E-state index contributed by atoms with van der Waals surface area (Å²) in [4.78, 5) is 0. The minimum atomic E-state index is -0.952. The zero-order chi connectivity index (χ0) is 17.0. The van der Waals surface area contributed by atoms with Gasteiger partial charge in [0.25, 0.3) is 0 Å². The Morgan fingerprint density at radius 1 is 0.833 bits per heavy atom. The van der Waals surface area contributed by atoms with E-state index in [1.165, 1.54) is 32.1 Å². The third kappa shape index (κ3) is 2.80. The van der Waals surface area contributed by atoms with Gasteiger partial charge in [-0.15, -0.1) is 0 Å². The lowest BCUT2D eigenvalue weighted by atomic mass is 9.56. The quantitative estimate of drug-likeness (QED) is 0.724. The molecular weight excluding hydrogens is 292 g/mol. The van der Waals surface area contributed by atoms with Crippen molar-refractivity contribution in [3.63, 3.8) is 0 Å². The van der Waals surface area contributed by atoms with Gasteiger partial charge in [0.05, 0.1) is 0 Å². The molecule has 0 saturated heterocycles. The largest absolute Gasteiger partial charge is 0.380 e. The normalized spacial score (nSPS) is 19.0. The summed E-state index contributed by atoms with van der Waals surface area (Å²) in [7, 11) is 0. The van der Waals surface area contributed by atoms with E-state index < -0.39 is 5.60 Å². The van der Waals surface area contributed by atoms with Crippen molar-refractivity contribution in [1.82, 2.24) is 0 Å². The smallest absolute Gasteiger partial charge is 0.120 e. The first-order chi connectivity index (χ1) is 11.6. The summed E-state index contributed by atoms with van der Waals surface area (Å²) in [6.45, 7) is 4.55. The molecule has 1 nitrogen and oxygen atoms in total. The van der Waals surface area contributed by atoms with Gasteiger partial charge in [-0.3, -0.25) is 0 Å². The van der Waals surface area contributed by atoms with Crippen LogP contribution in [0.5, 0.6) is 0 Å². The van der Waals surface area contributed by atoms with Gasteiger partial charge in [0.15, 0.2) is 0 Å². The maximum atomic E-state index is 12.2. The van der Waals surface area contributed by atoms with Crippen molar-refractivity contribution in [2.45, 2.75) is 58.0 Å². The summed E-state index contributed by atoms with van der Waals surface area (Å²) < 4.78 is 0. The van der Waals surface area contributed by atoms with Crippen LogP contribution >= 0.6 is 0 Å². The highest BCUT2D eigenvalue weighted by Crippen LogP contribution is 2.55. The van der Waals surface area contributed by atoms with E-state index in [0.717, 1.165) is 17.5 Å². The fourth-order valence-electron chi connectivity index (χ4n) is 4.76. The Kier molecular flexibility index (Phi) is 5.10. The van der Waals surface area contributed by atoms with Gasteiger partial charge in [0.1, 0.15) is 5.60 Å². The molecule has 0 spiro atoms. The van der Waals surface area contributed by atoms with E-state index in [4.69, 9.17) is 0 Å². The van der Waals surface area contributed by atoms with Crippen LogP contribution in [0.1, 0.15) is 63.5 Å². The van der Waals surface area contributed by atoms with Crippen LogP contribution in [0.2, 0.25) is 0 Å². The molecule has 1 unspecified atom stereocenters. The highest BCUT2D eigenvalue weighted by atomic mass is 16.3. The van der Waals surface area contributed by atoms with Crippen LogP contribution in [0.25, 0.3) is 0 Å². The van der Waals surface area contributed by atoms with Gasteiger partial charge in [-0.2, -0.15) is 0 Å². The van der Waals surface area contributed by atoms with Crippen molar-refractivity contribution < 1.29 is 5.11 Å².